The van der Waals surface area contributed by atoms with Crippen molar-refractivity contribution >= 4 is 34.7 Å². The van der Waals surface area contributed by atoms with Crippen molar-refractivity contribution in [3.63, 3.8) is 0 Å². The zero-order valence-corrected chi connectivity index (χ0v) is 12.1. The van der Waals surface area contributed by atoms with Crippen LogP contribution in [0.1, 0.15) is 21.7 Å². The lowest BCUT2D eigenvalue weighted by molar-refractivity contribution is 0.0959. The van der Waals surface area contributed by atoms with E-state index in [2.05, 4.69) is 10.5 Å². The van der Waals surface area contributed by atoms with Crippen molar-refractivity contribution in [2.45, 2.75) is 11.3 Å². The average molecular weight is 306 g/mol. The van der Waals surface area contributed by atoms with Crippen LogP contribution in [-0.4, -0.2) is 17.4 Å². The molecule has 0 spiro atoms. The molecule has 3 nitrogen and oxygen atoms in total. The average Bonchev–Trinajstić information content (AvgIpc) is 2.99. The number of carbonyl (C=O) groups is 1. The van der Waals surface area contributed by atoms with Crippen LogP contribution >= 0.6 is 23.1 Å². The van der Waals surface area contributed by atoms with Crippen LogP contribution in [0.25, 0.3) is 0 Å². The molecule has 1 aliphatic rings. The van der Waals surface area contributed by atoms with Crippen molar-refractivity contribution in [2.75, 3.05) is 5.75 Å². The van der Waals surface area contributed by atoms with E-state index in [1.54, 1.807) is 23.9 Å². The minimum atomic E-state index is -0.288. The third kappa shape index (κ3) is 2.76. The number of nitrogens with zero attached hydrogens (tertiary/aromatic N) is 1. The highest BCUT2D eigenvalue weighted by atomic mass is 32.2. The smallest absolute Gasteiger partial charge is 0.266 e. The van der Waals surface area contributed by atoms with Gasteiger partial charge in [0.2, 0.25) is 0 Å². The van der Waals surface area contributed by atoms with Gasteiger partial charge in [-0.15, -0.1) is 23.1 Å². The maximum Gasteiger partial charge on any atom is 0.281 e. The normalized spacial score (nSPS) is 15.9. The van der Waals surface area contributed by atoms with Gasteiger partial charge < -0.3 is 0 Å². The molecular weight excluding hydrogens is 295 g/mol. The summed E-state index contributed by atoms with van der Waals surface area (Å²) in [6, 6.07) is 8.22. The molecule has 0 atom stereocenters. The summed E-state index contributed by atoms with van der Waals surface area (Å²) in [7, 11) is 0. The molecule has 2 aromatic rings. The summed E-state index contributed by atoms with van der Waals surface area (Å²) in [5.74, 6) is 0.360. The van der Waals surface area contributed by atoms with Crippen molar-refractivity contribution in [3.8, 4) is 0 Å². The molecule has 0 saturated heterocycles. The van der Waals surface area contributed by atoms with E-state index in [-0.39, 0.29) is 11.7 Å². The molecule has 0 unspecified atom stereocenters. The number of hydrogen-bond donors (Lipinski definition) is 1. The summed E-state index contributed by atoms with van der Waals surface area (Å²) in [4.78, 5) is 13.5. The van der Waals surface area contributed by atoms with E-state index < -0.39 is 0 Å². The molecule has 0 aliphatic carbocycles. The molecule has 3 rings (SSSR count). The first-order valence-corrected chi connectivity index (χ1v) is 7.94. The molecule has 102 valence electrons. The molecule has 0 saturated carbocycles. The van der Waals surface area contributed by atoms with Crippen LogP contribution < -0.4 is 5.43 Å². The monoisotopic (exact) mass is 306 g/mol. The molecule has 1 amide bonds. The van der Waals surface area contributed by atoms with Gasteiger partial charge in [-0.25, -0.2) is 9.82 Å². The van der Waals surface area contributed by atoms with E-state index in [0.717, 1.165) is 21.9 Å². The first-order chi connectivity index (χ1) is 9.74. The molecule has 1 aliphatic heterocycles. The van der Waals surface area contributed by atoms with Gasteiger partial charge in [0.1, 0.15) is 5.82 Å². The van der Waals surface area contributed by atoms with Crippen LogP contribution in [0.5, 0.6) is 0 Å². The predicted molar refractivity (Wildman–Crippen MR) is 80.1 cm³/mol. The van der Waals surface area contributed by atoms with Gasteiger partial charge in [0.15, 0.2) is 0 Å². The Kier molecular flexibility index (Phi) is 3.84. The Hall–Kier alpha value is -1.66. The predicted octanol–water partition coefficient (Wildman–Crippen LogP) is 3.52. The maximum absolute atomic E-state index is 13.3. The van der Waals surface area contributed by atoms with Crippen molar-refractivity contribution in [3.05, 3.63) is 52.0 Å². The standard InChI is InChI=1S/C14H11FN2OS2/c15-9-3-4-12-10(8-9)11(5-7-20-12)16-17-14(18)13-2-1-6-19-13/h1-4,6,8H,5,7H2,(H,17,18)/b16-11+. The zero-order chi connectivity index (χ0) is 13.9. The largest absolute Gasteiger partial charge is 0.281 e. The van der Waals surface area contributed by atoms with E-state index in [9.17, 15) is 9.18 Å². The van der Waals surface area contributed by atoms with Gasteiger partial charge in [-0.2, -0.15) is 5.10 Å². The van der Waals surface area contributed by atoms with Gasteiger partial charge in [0.05, 0.1) is 10.6 Å². The SMILES string of the molecule is O=C(N/N=C1\CCSc2ccc(F)cc21)c1cccs1. The second-order valence-corrected chi connectivity index (χ2v) is 6.30. The molecule has 20 heavy (non-hydrogen) atoms. The van der Waals surface area contributed by atoms with Gasteiger partial charge in [-0.3, -0.25) is 4.79 Å². The molecule has 1 aromatic heterocycles. The highest BCUT2D eigenvalue weighted by Crippen LogP contribution is 2.30. The summed E-state index contributed by atoms with van der Waals surface area (Å²) in [5, 5.41) is 6.00. The summed E-state index contributed by atoms with van der Waals surface area (Å²) >= 11 is 3.04. The molecule has 0 fully saturated rings. The van der Waals surface area contributed by atoms with E-state index in [0.29, 0.717) is 11.3 Å². The molecule has 2 heterocycles. The Balaban J connectivity index is 1.83. The number of thioether (sulfide) groups is 1. The van der Waals surface area contributed by atoms with Crippen LogP contribution in [0.4, 0.5) is 4.39 Å². The van der Waals surface area contributed by atoms with Gasteiger partial charge >= 0.3 is 0 Å². The number of benzene rings is 1. The van der Waals surface area contributed by atoms with Crippen molar-refractivity contribution in [1.82, 2.24) is 5.43 Å². The van der Waals surface area contributed by atoms with Crippen LogP contribution in [0, 0.1) is 5.82 Å². The fourth-order valence-electron chi connectivity index (χ4n) is 1.94. The van der Waals surface area contributed by atoms with Gasteiger partial charge in [0, 0.05) is 22.6 Å². The summed E-state index contributed by atoms with van der Waals surface area (Å²) in [6.45, 7) is 0. The molecule has 6 heteroatoms. The fraction of sp³-hybridized carbons (Fsp3) is 0.143. The van der Waals surface area contributed by atoms with Gasteiger partial charge in [-0.1, -0.05) is 6.07 Å². The number of hydrogen-bond acceptors (Lipinski definition) is 4. The summed E-state index contributed by atoms with van der Waals surface area (Å²) in [6.07, 6.45) is 0.714. The number of hydrazone groups is 1. The number of amides is 1. The van der Waals surface area contributed by atoms with E-state index in [1.165, 1.54) is 23.5 Å². The summed E-state index contributed by atoms with van der Waals surface area (Å²) in [5.41, 5.74) is 4.04. The number of rotatable bonds is 2. The lowest BCUT2D eigenvalue weighted by atomic mass is 10.1. The summed E-state index contributed by atoms with van der Waals surface area (Å²) < 4.78 is 13.3. The fourth-order valence-corrected chi connectivity index (χ4v) is 3.57. The first kappa shape index (κ1) is 13.3. The third-order valence-electron chi connectivity index (χ3n) is 2.89. The number of fused-ring (bicyclic) bond motifs is 1. The topological polar surface area (TPSA) is 41.5 Å². The highest BCUT2D eigenvalue weighted by molar-refractivity contribution is 7.99. The lowest BCUT2D eigenvalue weighted by Crippen LogP contribution is -2.21. The molecule has 0 radical (unpaired) electrons. The highest BCUT2D eigenvalue weighted by Gasteiger charge is 2.17. The Morgan fingerprint density at radius 2 is 2.25 bits per heavy atom. The molecule has 0 bridgehead atoms. The Morgan fingerprint density at radius 1 is 1.35 bits per heavy atom. The van der Waals surface area contributed by atoms with E-state index >= 15 is 0 Å². The second-order valence-electron chi connectivity index (χ2n) is 4.22. The van der Waals surface area contributed by atoms with Gasteiger partial charge in [-0.05, 0) is 29.6 Å². The zero-order valence-electron chi connectivity index (χ0n) is 10.4. The van der Waals surface area contributed by atoms with Crippen LogP contribution in [0.15, 0.2) is 45.7 Å². The van der Waals surface area contributed by atoms with Crippen molar-refractivity contribution < 1.29 is 9.18 Å². The Bertz CT molecular complexity index is 668. The van der Waals surface area contributed by atoms with E-state index in [4.69, 9.17) is 0 Å². The third-order valence-corrected chi connectivity index (χ3v) is 4.83. The Morgan fingerprint density at radius 3 is 3.05 bits per heavy atom. The van der Waals surface area contributed by atoms with Gasteiger partial charge in [0.25, 0.3) is 5.91 Å². The first-order valence-electron chi connectivity index (χ1n) is 6.07. The van der Waals surface area contributed by atoms with Crippen LogP contribution in [0.2, 0.25) is 0 Å². The minimum Gasteiger partial charge on any atom is -0.266 e. The molecule has 1 aromatic carbocycles. The van der Waals surface area contributed by atoms with E-state index in [1.807, 2.05) is 11.4 Å². The molecular formula is C14H11FN2OS2. The number of nitrogens with one attached hydrogen (secondary N) is 1. The maximum atomic E-state index is 13.3. The number of thiophene rings is 1. The minimum absolute atomic E-state index is 0.233. The molecule has 1 N–H and O–H groups in total. The Labute approximate surface area is 123 Å². The second kappa shape index (κ2) is 5.76. The number of carbonyl (C=O) groups excluding carboxylic acids is 1. The van der Waals surface area contributed by atoms with Crippen LogP contribution in [-0.2, 0) is 0 Å². The lowest BCUT2D eigenvalue weighted by Gasteiger charge is -2.17. The quantitative estimate of drug-likeness (QED) is 0.863. The van der Waals surface area contributed by atoms with Crippen molar-refractivity contribution in [1.29, 1.82) is 0 Å². The number of halogens is 1. The van der Waals surface area contributed by atoms with Crippen molar-refractivity contribution in [2.24, 2.45) is 5.10 Å². The van der Waals surface area contributed by atoms with Crippen LogP contribution in [0.3, 0.4) is 0 Å².